The molecule has 0 bridgehead atoms. The second kappa shape index (κ2) is 6.44. The molecular formula is C15H24ClNO. The Labute approximate surface area is 116 Å². The lowest BCUT2D eigenvalue weighted by molar-refractivity contribution is 0.108. The minimum atomic E-state index is -0.220. The Bertz CT molecular complexity index is 378. The first-order valence-electron chi connectivity index (χ1n) is 6.52. The highest BCUT2D eigenvalue weighted by Gasteiger charge is 2.19. The van der Waals surface area contributed by atoms with Gasteiger partial charge in [0.1, 0.15) is 11.4 Å². The highest BCUT2D eigenvalue weighted by molar-refractivity contribution is 6.32. The van der Waals surface area contributed by atoms with Crippen LogP contribution in [-0.4, -0.2) is 18.7 Å². The second-order valence-electron chi connectivity index (χ2n) is 5.41. The molecule has 0 saturated carbocycles. The summed E-state index contributed by atoms with van der Waals surface area (Å²) in [4.78, 5) is 0. The summed E-state index contributed by atoms with van der Waals surface area (Å²) in [6, 6.07) is 3.99. The van der Waals surface area contributed by atoms with Crippen LogP contribution in [0.1, 0.15) is 38.3 Å². The van der Waals surface area contributed by atoms with Crippen LogP contribution in [0.2, 0.25) is 5.02 Å². The molecule has 0 radical (unpaired) electrons. The van der Waals surface area contributed by atoms with Crippen molar-refractivity contribution in [2.45, 2.75) is 46.6 Å². The summed E-state index contributed by atoms with van der Waals surface area (Å²) in [6.45, 7) is 12.2. The van der Waals surface area contributed by atoms with E-state index in [1.54, 1.807) is 0 Å². The Morgan fingerprint density at radius 1 is 1.22 bits per heavy atom. The van der Waals surface area contributed by atoms with E-state index in [-0.39, 0.29) is 5.60 Å². The van der Waals surface area contributed by atoms with E-state index in [2.05, 4.69) is 26.1 Å². The number of halogens is 1. The van der Waals surface area contributed by atoms with Gasteiger partial charge in [0.05, 0.1) is 0 Å². The minimum Gasteiger partial charge on any atom is -0.487 e. The van der Waals surface area contributed by atoms with Crippen LogP contribution in [0.25, 0.3) is 0 Å². The molecule has 0 saturated heterocycles. The Balaban J connectivity index is 2.71. The molecule has 3 heteroatoms. The first kappa shape index (κ1) is 15.3. The molecule has 1 N–H and O–H groups in total. The lowest BCUT2D eigenvalue weighted by atomic mass is 10.1. The van der Waals surface area contributed by atoms with Gasteiger partial charge in [-0.25, -0.2) is 0 Å². The third kappa shape index (κ3) is 4.51. The Kier molecular flexibility index (Phi) is 5.48. The van der Waals surface area contributed by atoms with Crippen molar-refractivity contribution in [1.82, 2.24) is 5.32 Å². The van der Waals surface area contributed by atoms with Crippen molar-refractivity contribution in [2.75, 3.05) is 13.1 Å². The fraction of sp³-hybridized carbons (Fsp3) is 0.600. The van der Waals surface area contributed by atoms with Crippen LogP contribution < -0.4 is 10.1 Å². The minimum absolute atomic E-state index is 0.220. The average molecular weight is 270 g/mol. The van der Waals surface area contributed by atoms with Crippen LogP contribution in [-0.2, 0) is 0 Å². The van der Waals surface area contributed by atoms with Gasteiger partial charge in [-0.05, 0) is 63.9 Å². The second-order valence-corrected chi connectivity index (χ2v) is 5.79. The molecular weight excluding hydrogens is 246 g/mol. The van der Waals surface area contributed by atoms with Gasteiger partial charge in [0.25, 0.3) is 0 Å². The van der Waals surface area contributed by atoms with Gasteiger partial charge in [-0.15, -0.1) is 0 Å². The number of benzene rings is 1. The van der Waals surface area contributed by atoms with E-state index in [9.17, 15) is 0 Å². The standard InChI is InChI=1S/C15H24ClNO/c1-6-7-17-10-15(4,5)18-13-8-11(2)14(16)12(3)9-13/h8-9,17H,6-7,10H2,1-5H3. The van der Waals surface area contributed by atoms with Gasteiger partial charge in [-0.2, -0.15) is 0 Å². The summed E-state index contributed by atoms with van der Waals surface area (Å²) in [5.74, 6) is 0.887. The lowest BCUT2D eigenvalue weighted by Crippen LogP contribution is -2.40. The van der Waals surface area contributed by atoms with Crippen molar-refractivity contribution >= 4 is 11.6 Å². The van der Waals surface area contributed by atoms with E-state index in [0.717, 1.165) is 41.4 Å². The number of hydrogen-bond acceptors (Lipinski definition) is 2. The molecule has 102 valence electrons. The number of aryl methyl sites for hydroxylation is 2. The number of ether oxygens (including phenoxy) is 1. The molecule has 0 heterocycles. The lowest BCUT2D eigenvalue weighted by Gasteiger charge is -2.27. The number of rotatable bonds is 6. The zero-order chi connectivity index (χ0) is 13.8. The van der Waals surface area contributed by atoms with Crippen molar-refractivity contribution in [3.05, 3.63) is 28.3 Å². The van der Waals surface area contributed by atoms with Crippen LogP contribution >= 0.6 is 11.6 Å². The summed E-state index contributed by atoms with van der Waals surface area (Å²) in [7, 11) is 0. The van der Waals surface area contributed by atoms with Gasteiger partial charge in [0.15, 0.2) is 0 Å². The van der Waals surface area contributed by atoms with E-state index in [1.807, 2.05) is 26.0 Å². The Hall–Kier alpha value is -0.730. The summed E-state index contributed by atoms with van der Waals surface area (Å²) in [5.41, 5.74) is 1.90. The fourth-order valence-electron chi connectivity index (χ4n) is 1.89. The van der Waals surface area contributed by atoms with Gasteiger partial charge in [0.2, 0.25) is 0 Å². The Morgan fingerprint density at radius 3 is 2.28 bits per heavy atom. The van der Waals surface area contributed by atoms with Gasteiger partial charge in [-0.3, -0.25) is 0 Å². The molecule has 1 aromatic carbocycles. The molecule has 1 rings (SSSR count). The van der Waals surface area contributed by atoms with E-state index < -0.39 is 0 Å². The summed E-state index contributed by atoms with van der Waals surface area (Å²) < 4.78 is 6.04. The van der Waals surface area contributed by atoms with Crippen molar-refractivity contribution in [1.29, 1.82) is 0 Å². The molecule has 1 aromatic rings. The van der Waals surface area contributed by atoms with E-state index in [1.165, 1.54) is 0 Å². The normalized spacial score (nSPS) is 11.7. The van der Waals surface area contributed by atoms with E-state index in [4.69, 9.17) is 16.3 Å². The highest BCUT2D eigenvalue weighted by atomic mass is 35.5. The first-order chi connectivity index (χ1) is 8.35. The smallest absolute Gasteiger partial charge is 0.120 e. The van der Waals surface area contributed by atoms with Gasteiger partial charge in [0, 0.05) is 11.6 Å². The van der Waals surface area contributed by atoms with Gasteiger partial charge >= 0.3 is 0 Å². The largest absolute Gasteiger partial charge is 0.487 e. The van der Waals surface area contributed by atoms with Crippen LogP contribution in [0, 0.1) is 13.8 Å². The van der Waals surface area contributed by atoms with Gasteiger partial charge in [-0.1, -0.05) is 18.5 Å². The zero-order valence-corrected chi connectivity index (χ0v) is 12.8. The van der Waals surface area contributed by atoms with E-state index >= 15 is 0 Å². The molecule has 0 atom stereocenters. The molecule has 0 unspecified atom stereocenters. The third-order valence-corrected chi connectivity index (χ3v) is 3.38. The summed E-state index contributed by atoms with van der Waals surface area (Å²) >= 11 is 6.16. The van der Waals surface area contributed by atoms with Crippen molar-refractivity contribution in [2.24, 2.45) is 0 Å². The highest BCUT2D eigenvalue weighted by Crippen LogP contribution is 2.27. The monoisotopic (exact) mass is 269 g/mol. The maximum Gasteiger partial charge on any atom is 0.120 e. The topological polar surface area (TPSA) is 21.3 Å². The van der Waals surface area contributed by atoms with Crippen LogP contribution in [0.4, 0.5) is 0 Å². The van der Waals surface area contributed by atoms with Crippen molar-refractivity contribution in [3.8, 4) is 5.75 Å². The summed E-state index contributed by atoms with van der Waals surface area (Å²) in [6.07, 6.45) is 1.13. The van der Waals surface area contributed by atoms with Crippen molar-refractivity contribution < 1.29 is 4.74 Å². The van der Waals surface area contributed by atoms with Gasteiger partial charge < -0.3 is 10.1 Å². The maximum atomic E-state index is 6.16. The molecule has 0 aliphatic rings. The fourth-order valence-corrected chi connectivity index (χ4v) is 2.00. The number of hydrogen-bond donors (Lipinski definition) is 1. The molecule has 0 aromatic heterocycles. The molecule has 2 nitrogen and oxygen atoms in total. The molecule has 0 fully saturated rings. The zero-order valence-electron chi connectivity index (χ0n) is 12.1. The van der Waals surface area contributed by atoms with Crippen LogP contribution in [0.15, 0.2) is 12.1 Å². The predicted octanol–water partition coefficient (Wildman–Crippen LogP) is 4.11. The quantitative estimate of drug-likeness (QED) is 0.785. The Morgan fingerprint density at radius 2 is 1.78 bits per heavy atom. The molecule has 0 aliphatic carbocycles. The molecule has 18 heavy (non-hydrogen) atoms. The SMILES string of the molecule is CCCNCC(C)(C)Oc1cc(C)c(Cl)c(C)c1. The molecule has 0 spiro atoms. The maximum absolute atomic E-state index is 6.16. The van der Waals surface area contributed by atoms with Crippen LogP contribution in [0.5, 0.6) is 5.75 Å². The first-order valence-corrected chi connectivity index (χ1v) is 6.90. The van der Waals surface area contributed by atoms with Crippen molar-refractivity contribution in [3.63, 3.8) is 0 Å². The van der Waals surface area contributed by atoms with E-state index in [0.29, 0.717) is 0 Å². The average Bonchev–Trinajstić information content (AvgIpc) is 2.25. The molecule has 0 aliphatic heterocycles. The van der Waals surface area contributed by atoms with Crippen LogP contribution in [0.3, 0.4) is 0 Å². The number of nitrogens with one attached hydrogen (secondary N) is 1. The molecule has 0 amide bonds. The third-order valence-electron chi connectivity index (χ3n) is 2.78. The predicted molar refractivity (Wildman–Crippen MR) is 78.8 cm³/mol. The summed E-state index contributed by atoms with van der Waals surface area (Å²) in [5, 5.41) is 4.21.